The van der Waals surface area contributed by atoms with E-state index in [2.05, 4.69) is 11.2 Å². The molecule has 0 aliphatic carbocycles. The fourth-order valence-electron chi connectivity index (χ4n) is 2.58. The molecular weight excluding hydrogens is 333 g/mol. The molecule has 1 amide bonds. The van der Waals surface area contributed by atoms with Crippen molar-refractivity contribution >= 4 is 23.2 Å². The molecule has 0 radical (unpaired) electrons. The van der Waals surface area contributed by atoms with Crippen LogP contribution in [0.15, 0.2) is 36.4 Å². The van der Waals surface area contributed by atoms with Crippen LogP contribution in [0, 0.1) is 25.1 Å². The quantitative estimate of drug-likeness (QED) is 0.609. The number of halogens is 1. The Morgan fingerprint density at radius 3 is 2.81 bits per heavy atom. The van der Waals surface area contributed by atoms with Gasteiger partial charge in [0.1, 0.15) is 0 Å². The van der Waals surface area contributed by atoms with E-state index in [0.29, 0.717) is 6.54 Å². The van der Waals surface area contributed by atoms with Gasteiger partial charge in [-0.2, -0.15) is 0 Å². The first-order valence-electron chi connectivity index (χ1n) is 8.22. The molecule has 3 N–H and O–H groups in total. The minimum absolute atomic E-state index is 0.154. The van der Waals surface area contributed by atoms with Crippen molar-refractivity contribution in [1.29, 1.82) is 0 Å². The number of anilines is 3. The van der Waals surface area contributed by atoms with Crippen molar-refractivity contribution in [1.82, 2.24) is 0 Å². The lowest BCUT2D eigenvalue weighted by Crippen LogP contribution is -2.25. The van der Waals surface area contributed by atoms with Crippen molar-refractivity contribution in [2.24, 2.45) is 0 Å². The molecule has 5 nitrogen and oxygen atoms in total. The topological polar surface area (TPSA) is 67.6 Å². The first-order valence-corrected chi connectivity index (χ1v) is 8.22. The highest BCUT2D eigenvalue weighted by Gasteiger charge is 2.17. The molecule has 6 heteroatoms. The van der Waals surface area contributed by atoms with Crippen LogP contribution in [-0.2, 0) is 11.3 Å². The van der Waals surface area contributed by atoms with Crippen molar-refractivity contribution in [2.45, 2.75) is 20.4 Å². The predicted octanol–water partition coefficient (Wildman–Crippen LogP) is 3.92. The van der Waals surface area contributed by atoms with Crippen LogP contribution in [0.4, 0.5) is 26.2 Å². The minimum Gasteiger partial charge on any atom is -0.450 e. The number of nitrogen functional groups attached to an aromatic ring is 1. The number of amides is 1. The molecule has 0 aliphatic heterocycles. The molecule has 26 heavy (non-hydrogen) atoms. The second kappa shape index (κ2) is 8.77. The minimum atomic E-state index is -0.688. The van der Waals surface area contributed by atoms with E-state index in [4.69, 9.17) is 16.9 Å². The van der Waals surface area contributed by atoms with Crippen LogP contribution >= 0.6 is 0 Å². The Morgan fingerprint density at radius 2 is 2.15 bits per heavy atom. The summed E-state index contributed by atoms with van der Waals surface area (Å²) in [6, 6.07) is 11.0. The van der Waals surface area contributed by atoms with Crippen molar-refractivity contribution in [3.8, 4) is 12.3 Å². The number of ether oxygens (including phenoxy) is 1. The molecule has 0 unspecified atom stereocenters. The Kier molecular flexibility index (Phi) is 6.45. The highest BCUT2D eigenvalue weighted by atomic mass is 19.1. The van der Waals surface area contributed by atoms with E-state index in [-0.39, 0.29) is 30.2 Å². The third-order valence-electron chi connectivity index (χ3n) is 3.75. The van der Waals surface area contributed by atoms with E-state index in [0.717, 1.165) is 11.1 Å². The maximum Gasteiger partial charge on any atom is 0.411 e. The van der Waals surface area contributed by atoms with Gasteiger partial charge < -0.3 is 15.4 Å². The molecule has 0 atom stereocenters. The molecule has 0 bridgehead atoms. The molecule has 0 aromatic heterocycles. The van der Waals surface area contributed by atoms with Crippen molar-refractivity contribution in [2.75, 3.05) is 29.1 Å². The molecule has 0 fully saturated rings. The number of benzene rings is 2. The molecule has 2 aromatic rings. The van der Waals surface area contributed by atoms with Crippen LogP contribution in [0.3, 0.4) is 0 Å². The van der Waals surface area contributed by atoms with Crippen molar-refractivity contribution in [3.63, 3.8) is 0 Å². The predicted molar refractivity (Wildman–Crippen MR) is 103 cm³/mol. The lowest BCUT2D eigenvalue weighted by Gasteiger charge is -2.24. The SMILES string of the molecule is C#CCN(Cc1cccc(C)c1)c1ccc(NC(=O)OCC)c(N)c1F. The van der Waals surface area contributed by atoms with E-state index in [9.17, 15) is 9.18 Å². The summed E-state index contributed by atoms with van der Waals surface area (Å²) < 4.78 is 19.6. The number of aryl methyl sites for hydroxylation is 1. The third kappa shape index (κ3) is 4.67. The zero-order valence-corrected chi connectivity index (χ0v) is 14.9. The molecule has 136 valence electrons. The van der Waals surface area contributed by atoms with Gasteiger partial charge in [0.25, 0.3) is 0 Å². The summed E-state index contributed by atoms with van der Waals surface area (Å²) in [6.07, 6.45) is 4.76. The second-order valence-corrected chi connectivity index (χ2v) is 5.75. The Balaban J connectivity index is 2.30. The summed E-state index contributed by atoms with van der Waals surface area (Å²) in [5.41, 5.74) is 8.23. The summed E-state index contributed by atoms with van der Waals surface area (Å²) in [4.78, 5) is 13.2. The molecule has 0 aliphatic rings. The summed E-state index contributed by atoms with van der Waals surface area (Å²) in [5.74, 6) is 1.90. The number of carbonyl (C=O) groups is 1. The normalized spacial score (nSPS) is 10.1. The largest absolute Gasteiger partial charge is 0.450 e. The fraction of sp³-hybridized carbons (Fsp3) is 0.250. The van der Waals surface area contributed by atoms with Gasteiger partial charge >= 0.3 is 6.09 Å². The molecule has 0 spiro atoms. The molecule has 0 saturated heterocycles. The Hall–Kier alpha value is -3.20. The average Bonchev–Trinajstić information content (AvgIpc) is 2.59. The Labute approximate surface area is 152 Å². The summed E-state index contributed by atoms with van der Waals surface area (Å²) in [6.45, 7) is 4.53. The number of rotatable bonds is 6. The van der Waals surface area contributed by atoms with Gasteiger partial charge in [-0.05, 0) is 31.5 Å². The van der Waals surface area contributed by atoms with E-state index < -0.39 is 11.9 Å². The lowest BCUT2D eigenvalue weighted by molar-refractivity contribution is 0.168. The van der Waals surface area contributed by atoms with Gasteiger partial charge in [0, 0.05) is 6.54 Å². The number of carbonyl (C=O) groups excluding carboxylic acids is 1. The number of nitrogens with zero attached hydrogens (tertiary/aromatic N) is 1. The van der Waals surface area contributed by atoms with Gasteiger partial charge in [0.2, 0.25) is 0 Å². The van der Waals surface area contributed by atoms with E-state index in [1.54, 1.807) is 17.9 Å². The molecule has 0 heterocycles. The smallest absolute Gasteiger partial charge is 0.411 e. The zero-order chi connectivity index (χ0) is 19.1. The van der Waals surface area contributed by atoms with Crippen molar-refractivity contribution < 1.29 is 13.9 Å². The standard InChI is InChI=1S/C20H22FN3O2/c1-4-11-24(13-15-8-6-7-14(3)12-15)17-10-9-16(19(22)18(17)21)23-20(25)26-5-2/h1,6-10,12H,5,11,13,22H2,2-3H3,(H,23,25). The summed E-state index contributed by atoms with van der Waals surface area (Å²) in [5, 5.41) is 2.42. The van der Waals surface area contributed by atoms with Crippen LogP contribution in [0.1, 0.15) is 18.1 Å². The number of hydrogen-bond donors (Lipinski definition) is 2. The Morgan fingerprint density at radius 1 is 1.38 bits per heavy atom. The summed E-state index contributed by atoms with van der Waals surface area (Å²) >= 11 is 0. The highest BCUT2D eigenvalue weighted by Crippen LogP contribution is 2.31. The molecule has 2 aromatic carbocycles. The Bertz CT molecular complexity index is 830. The maximum absolute atomic E-state index is 14.8. The van der Waals surface area contributed by atoms with Gasteiger partial charge in [0.15, 0.2) is 5.82 Å². The molecular formula is C20H22FN3O2. The monoisotopic (exact) mass is 355 g/mol. The molecule has 2 rings (SSSR count). The van der Waals surface area contributed by atoms with Crippen LogP contribution < -0.4 is 16.0 Å². The zero-order valence-electron chi connectivity index (χ0n) is 14.9. The van der Waals surface area contributed by atoms with E-state index >= 15 is 0 Å². The van der Waals surface area contributed by atoms with Crippen molar-refractivity contribution in [3.05, 3.63) is 53.3 Å². The third-order valence-corrected chi connectivity index (χ3v) is 3.75. The van der Waals surface area contributed by atoms with Crippen LogP contribution in [-0.4, -0.2) is 19.2 Å². The highest BCUT2D eigenvalue weighted by molar-refractivity contribution is 5.90. The van der Waals surface area contributed by atoms with E-state index in [1.807, 2.05) is 31.2 Å². The molecule has 0 saturated carbocycles. The second-order valence-electron chi connectivity index (χ2n) is 5.75. The number of nitrogens with two attached hydrogens (primary N) is 1. The van der Waals surface area contributed by atoms with Gasteiger partial charge in [-0.25, -0.2) is 9.18 Å². The fourth-order valence-corrected chi connectivity index (χ4v) is 2.58. The van der Waals surface area contributed by atoms with Crippen LogP contribution in [0.5, 0.6) is 0 Å². The summed E-state index contributed by atoms with van der Waals surface area (Å²) in [7, 11) is 0. The van der Waals surface area contributed by atoms with Crippen LogP contribution in [0.25, 0.3) is 0 Å². The van der Waals surface area contributed by atoms with Gasteiger partial charge in [-0.15, -0.1) is 6.42 Å². The first-order chi connectivity index (χ1) is 12.5. The average molecular weight is 355 g/mol. The van der Waals surface area contributed by atoms with Crippen LogP contribution in [0.2, 0.25) is 0 Å². The van der Waals surface area contributed by atoms with Gasteiger partial charge in [-0.3, -0.25) is 5.32 Å². The lowest BCUT2D eigenvalue weighted by atomic mass is 10.1. The first kappa shape index (κ1) is 19.1. The maximum atomic E-state index is 14.8. The number of nitrogens with one attached hydrogen (secondary N) is 1. The number of hydrogen-bond acceptors (Lipinski definition) is 4. The van der Waals surface area contributed by atoms with E-state index in [1.165, 1.54) is 6.07 Å². The number of terminal acetylenes is 1. The van der Waals surface area contributed by atoms with Gasteiger partial charge in [0.05, 0.1) is 30.2 Å². The van der Waals surface area contributed by atoms with Gasteiger partial charge in [-0.1, -0.05) is 35.7 Å².